The molecule has 0 bridgehead atoms. The predicted molar refractivity (Wildman–Crippen MR) is 100 cm³/mol. The molecule has 0 saturated heterocycles. The Morgan fingerprint density at radius 2 is 2.12 bits per heavy atom. The van der Waals surface area contributed by atoms with Gasteiger partial charge in [-0.3, -0.25) is 4.79 Å². The largest absolute Gasteiger partial charge is 0.465 e. The van der Waals surface area contributed by atoms with E-state index in [2.05, 4.69) is 48.9 Å². The molecule has 2 aliphatic rings. The highest BCUT2D eigenvalue weighted by Gasteiger charge is 2.21. The monoisotopic (exact) mass is 414 g/mol. The van der Waals surface area contributed by atoms with Crippen LogP contribution in [0.2, 0.25) is 0 Å². The standard InChI is InChI=1S/C18H15BrN4O3/c1-26-18(25)14-10-22(9-13-16(14)20-21-17(13)24)6-7-23-5-4-11-2-3-12(19)8-15(11)23/h2-5,8-10H,6-7H2,1H3,(H,21,24). The molecule has 0 atom stereocenters. The van der Waals surface area contributed by atoms with E-state index in [1.54, 1.807) is 12.4 Å². The normalized spacial score (nSPS) is 11.3. The van der Waals surface area contributed by atoms with Crippen molar-refractivity contribution in [2.45, 2.75) is 13.1 Å². The van der Waals surface area contributed by atoms with E-state index in [0.29, 0.717) is 24.3 Å². The van der Waals surface area contributed by atoms with Gasteiger partial charge in [-0.15, -0.1) is 0 Å². The summed E-state index contributed by atoms with van der Waals surface area (Å²) in [6.45, 7) is 1.27. The number of pyridine rings is 1. The minimum absolute atomic E-state index is 0.267. The molecule has 7 nitrogen and oxygen atoms in total. The first-order valence-electron chi connectivity index (χ1n) is 7.97. The van der Waals surface area contributed by atoms with Gasteiger partial charge in [0.05, 0.1) is 12.7 Å². The van der Waals surface area contributed by atoms with Crippen molar-refractivity contribution in [2.75, 3.05) is 7.11 Å². The number of nitrogens with zero attached hydrogens (tertiary/aromatic N) is 3. The zero-order valence-corrected chi connectivity index (χ0v) is 15.5. The molecule has 0 fully saturated rings. The lowest BCUT2D eigenvalue weighted by molar-refractivity contribution is 0.0600. The summed E-state index contributed by atoms with van der Waals surface area (Å²) in [5.41, 5.74) is 1.75. The van der Waals surface area contributed by atoms with Crippen LogP contribution in [-0.4, -0.2) is 32.4 Å². The van der Waals surface area contributed by atoms with E-state index < -0.39 is 5.97 Å². The number of carbonyl (C=O) groups excluding carboxylic acids is 1. The van der Waals surface area contributed by atoms with E-state index in [9.17, 15) is 9.59 Å². The molecule has 26 heavy (non-hydrogen) atoms. The van der Waals surface area contributed by atoms with E-state index in [4.69, 9.17) is 4.74 Å². The van der Waals surface area contributed by atoms with Crippen molar-refractivity contribution < 1.29 is 9.53 Å². The lowest BCUT2D eigenvalue weighted by Gasteiger charge is -2.13. The summed E-state index contributed by atoms with van der Waals surface area (Å²) < 4.78 is 9.77. The van der Waals surface area contributed by atoms with Gasteiger partial charge in [0.1, 0.15) is 11.3 Å². The molecule has 4 rings (SSSR count). The van der Waals surface area contributed by atoms with Gasteiger partial charge in [-0.1, -0.05) is 22.0 Å². The lowest BCUT2D eigenvalue weighted by atomic mass is 10.1. The number of aromatic amines is 1. The number of hydrogen-bond donors (Lipinski definition) is 1. The number of nitrogens with one attached hydrogen (secondary N) is 1. The summed E-state index contributed by atoms with van der Waals surface area (Å²) in [6, 6.07) is 8.18. The molecule has 1 N–H and O–H groups in total. The van der Waals surface area contributed by atoms with Gasteiger partial charge in [-0.25, -0.2) is 9.89 Å². The first-order chi connectivity index (χ1) is 12.6. The minimum Gasteiger partial charge on any atom is -0.465 e. The SMILES string of the molecule is COC(=O)c1cn(CCn2ccc3ccc(Br)cc32)cc2c(=O)[nH]nc1-2. The van der Waals surface area contributed by atoms with Crippen molar-refractivity contribution in [3.63, 3.8) is 0 Å². The number of H-pyrrole nitrogens is 1. The summed E-state index contributed by atoms with van der Waals surface area (Å²) in [4.78, 5) is 24.0. The van der Waals surface area contributed by atoms with Crippen LogP contribution in [-0.2, 0) is 17.8 Å². The number of aromatic nitrogens is 4. The number of hydrogen-bond acceptors (Lipinski definition) is 4. The van der Waals surface area contributed by atoms with Crippen LogP contribution < -0.4 is 5.56 Å². The van der Waals surface area contributed by atoms with E-state index in [1.807, 2.05) is 16.8 Å². The Morgan fingerprint density at radius 3 is 2.92 bits per heavy atom. The number of benzene rings is 1. The Labute approximate surface area is 156 Å². The Hall–Kier alpha value is -2.87. The van der Waals surface area contributed by atoms with Gasteiger partial charge in [0.25, 0.3) is 5.56 Å². The zero-order chi connectivity index (χ0) is 18.3. The molecule has 1 aromatic carbocycles. The molecule has 0 aliphatic carbocycles. The fourth-order valence-electron chi connectivity index (χ4n) is 3.05. The molecular formula is C18H15BrN4O3. The molecule has 1 aromatic heterocycles. The van der Waals surface area contributed by atoms with Crippen molar-refractivity contribution in [3.05, 3.63) is 63.2 Å². The Balaban J connectivity index is 1.69. The molecule has 0 saturated carbocycles. The maximum absolute atomic E-state index is 12.0. The van der Waals surface area contributed by atoms with Crippen molar-refractivity contribution in [1.82, 2.24) is 19.3 Å². The van der Waals surface area contributed by atoms with Crippen LogP contribution in [0.3, 0.4) is 0 Å². The number of fused-ring (bicyclic) bond motifs is 2. The number of carbonyl (C=O) groups is 1. The van der Waals surface area contributed by atoms with Crippen molar-refractivity contribution >= 4 is 32.8 Å². The van der Waals surface area contributed by atoms with Crippen LogP contribution in [0.25, 0.3) is 22.2 Å². The lowest BCUT2D eigenvalue weighted by Crippen LogP contribution is -2.14. The molecule has 132 valence electrons. The number of methoxy groups -OCH3 is 1. The third kappa shape index (κ3) is 2.82. The van der Waals surface area contributed by atoms with E-state index in [0.717, 1.165) is 15.4 Å². The molecule has 2 aromatic rings. The summed E-state index contributed by atoms with van der Waals surface area (Å²) in [5, 5.41) is 7.47. The first kappa shape index (κ1) is 16.6. The van der Waals surface area contributed by atoms with Crippen LogP contribution in [0.4, 0.5) is 0 Å². The second kappa shape index (κ2) is 6.45. The highest BCUT2D eigenvalue weighted by molar-refractivity contribution is 9.10. The van der Waals surface area contributed by atoms with Crippen molar-refractivity contribution in [3.8, 4) is 11.3 Å². The molecule has 8 heteroatoms. The fourth-order valence-corrected chi connectivity index (χ4v) is 3.40. The minimum atomic E-state index is -0.522. The third-order valence-corrected chi connectivity index (χ3v) is 4.85. The Kier molecular flexibility index (Phi) is 4.12. The number of rotatable bonds is 4. The summed E-state index contributed by atoms with van der Waals surface area (Å²) in [5.74, 6) is -0.522. The highest BCUT2D eigenvalue weighted by Crippen LogP contribution is 2.22. The number of esters is 1. The van der Waals surface area contributed by atoms with Crippen molar-refractivity contribution in [1.29, 1.82) is 0 Å². The summed E-state index contributed by atoms with van der Waals surface area (Å²) >= 11 is 3.50. The van der Waals surface area contributed by atoms with Gasteiger partial charge in [-0.2, -0.15) is 5.10 Å². The van der Waals surface area contributed by atoms with Crippen molar-refractivity contribution in [2.24, 2.45) is 0 Å². The summed E-state index contributed by atoms with van der Waals surface area (Å²) in [7, 11) is 1.31. The Morgan fingerprint density at radius 1 is 1.27 bits per heavy atom. The van der Waals surface area contributed by atoms with Gasteiger partial charge < -0.3 is 13.9 Å². The highest BCUT2D eigenvalue weighted by atomic mass is 79.9. The van der Waals surface area contributed by atoms with E-state index in [-0.39, 0.29) is 11.1 Å². The van der Waals surface area contributed by atoms with E-state index >= 15 is 0 Å². The average Bonchev–Trinajstić information content (AvgIpc) is 3.22. The molecular weight excluding hydrogens is 400 g/mol. The maximum atomic E-state index is 12.0. The molecule has 2 aliphatic heterocycles. The second-order valence-corrected chi connectivity index (χ2v) is 6.84. The number of ether oxygens (including phenoxy) is 1. The number of aryl methyl sites for hydroxylation is 2. The molecule has 0 spiro atoms. The summed E-state index contributed by atoms with van der Waals surface area (Å²) in [6.07, 6.45) is 5.39. The number of halogens is 1. The topological polar surface area (TPSA) is 81.9 Å². The molecule has 3 heterocycles. The van der Waals surface area contributed by atoms with Gasteiger partial charge in [0.2, 0.25) is 0 Å². The van der Waals surface area contributed by atoms with Gasteiger partial charge >= 0.3 is 5.97 Å². The van der Waals surface area contributed by atoms with Gasteiger partial charge in [0.15, 0.2) is 0 Å². The van der Waals surface area contributed by atoms with Crippen LogP contribution in [0.15, 0.2) is 52.1 Å². The predicted octanol–water partition coefficient (Wildman–Crippen LogP) is 2.88. The average molecular weight is 415 g/mol. The first-order valence-corrected chi connectivity index (χ1v) is 8.77. The van der Waals surface area contributed by atoms with Crippen LogP contribution in [0.1, 0.15) is 10.4 Å². The van der Waals surface area contributed by atoms with Crippen LogP contribution in [0, 0.1) is 0 Å². The van der Waals surface area contributed by atoms with Crippen LogP contribution >= 0.6 is 15.9 Å². The van der Waals surface area contributed by atoms with Crippen LogP contribution in [0.5, 0.6) is 0 Å². The second-order valence-electron chi connectivity index (χ2n) is 5.93. The fraction of sp³-hybridized carbons (Fsp3) is 0.167. The molecule has 0 unspecified atom stereocenters. The smallest absolute Gasteiger partial charge is 0.341 e. The van der Waals surface area contributed by atoms with E-state index in [1.165, 1.54) is 7.11 Å². The quantitative estimate of drug-likeness (QED) is 0.520. The van der Waals surface area contributed by atoms with Gasteiger partial charge in [-0.05, 0) is 23.6 Å². The molecule has 0 amide bonds. The molecule has 0 radical (unpaired) electrons. The maximum Gasteiger partial charge on any atom is 0.341 e. The third-order valence-electron chi connectivity index (χ3n) is 4.35. The zero-order valence-electron chi connectivity index (χ0n) is 13.9. The van der Waals surface area contributed by atoms with Gasteiger partial charge in [0, 0.05) is 41.7 Å². The Bertz CT molecular complexity index is 1140.